The molecule has 0 saturated carbocycles. The van der Waals surface area contributed by atoms with Crippen molar-refractivity contribution in [2.24, 2.45) is 0 Å². The fourth-order valence-corrected chi connectivity index (χ4v) is 2.45. The molecule has 2 nitrogen and oxygen atoms in total. The van der Waals surface area contributed by atoms with Gasteiger partial charge < -0.3 is 5.11 Å². The number of Topliss-reactive ketones (excluding diaryl/α,β-unsaturated/α-hetero) is 1. The van der Waals surface area contributed by atoms with Gasteiger partial charge in [-0.25, -0.2) is 0 Å². The quantitative estimate of drug-likeness (QED) is 0.768. The van der Waals surface area contributed by atoms with Gasteiger partial charge in [-0.2, -0.15) is 0 Å². The lowest BCUT2D eigenvalue weighted by atomic mass is 9.78. The van der Waals surface area contributed by atoms with Crippen molar-refractivity contribution in [3.05, 3.63) is 28.8 Å². The van der Waals surface area contributed by atoms with Crippen molar-refractivity contribution < 1.29 is 9.90 Å². The zero-order valence-corrected chi connectivity index (χ0v) is 15.1. The van der Waals surface area contributed by atoms with Crippen LogP contribution in [0, 0.1) is 0 Å². The van der Waals surface area contributed by atoms with Crippen LogP contribution in [0.5, 0.6) is 5.75 Å². The van der Waals surface area contributed by atoms with E-state index < -0.39 is 0 Å². The van der Waals surface area contributed by atoms with Crippen LogP contribution >= 0.6 is 15.9 Å². The predicted molar refractivity (Wildman–Crippen MR) is 87.9 cm³/mol. The Balaban J connectivity index is 3.63. The third kappa shape index (κ3) is 3.63. The van der Waals surface area contributed by atoms with Crippen LogP contribution in [0.2, 0.25) is 0 Å². The molecule has 20 heavy (non-hydrogen) atoms. The van der Waals surface area contributed by atoms with Gasteiger partial charge in [-0.05, 0) is 46.6 Å². The first-order valence-corrected chi connectivity index (χ1v) is 7.79. The van der Waals surface area contributed by atoms with Gasteiger partial charge in [0.25, 0.3) is 0 Å². The summed E-state index contributed by atoms with van der Waals surface area (Å²) in [5.41, 5.74) is 2.31. The monoisotopic (exact) mass is 340 g/mol. The highest BCUT2D eigenvalue weighted by Crippen LogP contribution is 2.42. The fourth-order valence-electron chi connectivity index (χ4n) is 2.18. The summed E-state index contributed by atoms with van der Waals surface area (Å²) in [4.78, 5) is 11.3. The number of rotatable bonds is 2. The van der Waals surface area contributed by atoms with E-state index in [0.717, 1.165) is 16.7 Å². The third-order valence-corrected chi connectivity index (χ3v) is 4.57. The fraction of sp³-hybridized carbons (Fsp3) is 0.588. The molecule has 0 saturated heterocycles. The summed E-state index contributed by atoms with van der Waals surface area (Å²) < 4.78 is 0. The van der Waals surface area contributed by atoms with Gasteiger partial charge in [0, 0.05) is 0 Å². The largest absolute Gasteiger partial charge is 0.507 e. The molecule has 0 aromatic heterocycles. The molecule has 3 heteroatoms. The van der Waals surface area contributed by atoms with E-state index in [2.05, 4.69) is 57.5 Å². The second kappa shape index (κ2) is 5.51. The van der Waals surface area contributed by atoms with Gasteiger partial charge >= 0.3 is 0 Å². The zero-order chi connectivity index (χ0) is 15.9. The number of phenolic OH excluding ortho intramolecular Hbond substituents is 1. The highest BCUT2D eigenvalue weighted by Gasteiger charge is 2.28. The average Bonchev–Trinajstić information content (AvgIpc) is 2.24. The Hall–Kier alpha value is -0.830. The Kier molecular flexibility index (Phi) is 4.75. The van der Waals surface area contributed by atoms with Gasteiger partial charge in [-0.15, -0.1) is 0 Å². The smallest absolute Gasteiger partial charge is 0.147 e. The number of benzene rings is 1. The van der Waals surface area contributed by atoms with Crippen molar-refractivity contribution in [1.82, 2.24) is 0 Å². The van der Waals surface area contributed by atoms with Crippen LogP contribution in [-0.2, 0) is 15.6 Å². The standard InChI is InChI=1S/C17H25BrO2/c1-10(19)14(18)11-8-12(16(2,3)4)15(20)13(9-11)17(5,6)7/h8-9,14,20H,1-7H3. The molecule has 112 valence electrons. The van der Waals surface area contributed by atoms with Gasteiger partial charge in [0.1, 0.15) is 11.5 Å². The Morgan fingerprint density at radius 2 is 1.40 bits per heavy atom. The van der Waals surface area contributed by atoms with Gasteiger partial charge in [-0.1, -0.05) is 57.5 Å². The summed E-state index contributed by atoms with van der Waals surface area (Å²) in [6.07, 6.45) is 0. The summed E-state index contributed by atoms with van der Waals surface area (Å²) >= 11 is 3.45. The number of halogens is 1. The summed E-state index contributed by atoms with van der Waals surface area (Å²) in [5, 5.41) is 10.6. The van der Waals surface area contributed by atoms with E-state index in [9.17, 15) is 9.90 Å². The summed E-state index contributed by atoms with van der Waals surface area (Å²) in [6.45, 7) is 14.0. The molecule has 1 aromatic rings. The minimum atomic E-state index is -0.328. The van der Waals surface area contributed by atoms with Crippen LogP contribution in [0.15, 0.2) is 12.1 Å². The van der Waals surface area contributed by atoms with Gasteiger partial charge in [0.15, 0.2) is 0 Å². The first-order chi connectivity index (χ1) is 8.85. The lowest BCUT2D eigenvalue weighted by Crippen LogP contribution is -2.18. The second-order valence-corrected chi connectivity index (χ2v) is 8.35. The average molecular weight is 341 g/mol. The molecule has 0 fully saturated rings. The Morgan fingerprint density at radius 1 is 1.05 bits per heavy atom. The Bertz CT molecular complexity index is 484. The molecule has 0 spiro atoms. The van der Waals surface area contributed by atoms with E-state index in [-0.39, 0.29) is 21.4 Å². The normalized spacial score (nSPS) is 14.2. The van der Waals surface area contributed by atoms with E-state index in [1.54, 1.807) is 6.92 Å². The first kappa shape index (κ1) is 17.2. The van der Waals surface area contributed by atoms with Crippen molar-refractivity contribution in [2.45, 2.75) is 64.1 Å². The van der Waals surface area contributed by atoms with Gasteiger partial charge in [-0.3, -0.25) is 4.79 Å². The van der Waals surface area contributed by atoms with Gasteiger partial charge in [0.2, 0.25) is 0 Å². The number of aromatic hydroxyl groups is 1. The number of alkyl halides is 1. The Morgan fingerprint density at radius 3 is 1.65 bits per heavy atom. The summed E-state index contributed by atoms with van der Waals surface area (Å²) in [7, 11) is 0. The molecular weight excluding hydrogens is 316 g/mol. The van der Waals surface area contributed by atoms with Crippen molar-refractivity contribution in [3.63, 3.8) is 0 Å². The highest BCUT2D eigenvalue weighted by molar-refractivity contribution is 9.09. The minimum absolute atomic E-state index is 0.0652. The second-order valence-electron chi connectivity index (χ2n) is 7.44. The molecule has 0 aliphatic rings. The van der Waals surface area contributed by atoms with E-state index in [1.165, 1.54) is 0 Å². The maximum absolute atomic E-state index is 11.6. The number of hydrogen-bond acceptors (Lipinski definition) is 2. The lowest BCUT2D eigenvalue weighted by Gasteiger charge is -2.28. The molecule has 1 unspecified atom stereocenters. The number of hydrogen-bond donors (Lipinski definition) is 1. The maximum atomic E-state index is 11.6. The van der Waals surface area contributed by atoms with Crippen LogP contribution < -0.4 is 0 Å². The molecule has 1 atom stereocenters. The number of carbonyl (C=O) groups excluding carboxylic acids is 1. The molecule has 0 heterocycles. The molecule has 1 aromatic carbocycles. The Labute approximate surface area is 130 Å². The number of ketones is 1. The van der Waals surface area contributed by atoms with Crippen LogP contribution in [-0.4, -0.2) is 10.9 Å². The van der Waals surface area contributed by atoms with E-state index in [4.69, 9.17) is 0 Å². The molecule has 0 bridgehead atoms. The third-order valence-electron chi connectivity index (χ3n) is 3.40. The van der Waals surface area contributed by atoms with E-state index >= 15 is 0 Å². The lowest BCUT2D eigenvalue weighted by molar-refractivity contribution is -0.116. The van der Waals surface area contributed by atoms with Crippen molar-refractivity contribution in [3.8, 4) is 5.75 Å². The molecule has 0 radical (unpaired) electrons. The SMILES string of the molecule is CC(=O)C(Br)c1cc(C(C)(C)C)c(O)c(C(C)(C)C)c1. The molecule has 0 aliphatic carbocycles. The van der Waals surface area contributed by atoms with Crippen LogP contribution in [0.4, 0.5) is 0 Å². The molecular formula is C17H25BrO2. The molecule has 1 rings (SSSR count). The number of carbonyl (C=O) groups is 1. The van der Waals surface area contributed by atoms with Crippen molar-refractivity contribution in [2.75, 3.05) is 0 Å². The maximum Gasteiger partial charge on any atom is 0.147 e. The van der Waals surface area contributed by atoms with Crippen molar-refractivity contribution >= 4 is 21.7 Å². The molecule has 1 N–H and O–H groups in total. The van der Waals surface area contributed by atoms with E-state index in [1.807, 2.05) is 12.1 Å². The number of phenols is 1. The topological polar surface area (TPSA) is 37.3 Å². The van der Waals surface area contributed by atoms with Crippen molar-refractivity contribution in [1.29, 1.82) is 0 Å². The van der Waals surface area contributed by atoms with Crippen LogP contribution in [0.3, 0.4) is 0 Å². The van der Waals surface area contributed by atoms with Gasteiger partial charge in [0.05, 0.1) is 4.83 Å². The summed E-state index contributed by atoms with van der Waals surface area (Å²) in [6, 6.07) is 3.87. The predicted octanol–water partition coefficient (Wildman–Crippen LogP) is 5.01. The minimum Gasteiger partial charge on any atom is -0.507 e. The summed E-state index contributed by atoms with van der Waals surface area (Å²) in [5.74, 6) is 0.410. The molecule has 0 aliphatic heterocycles. The highest BCUT2D eigenvalue weighted by atomic mass is 79.9. The first-order valence-electron chi connectivity index (χ1n) is 6.88. The zero-order valence-electron chi connectivity index (χ0n) is 13.5. The molecule has 0 amide bonds. The van der Waals surface area contributed by atoms with Crippen LogP contribution in [0.25, 0.3) is 0 Å². The van der Waals surface area contributed by atoms with E-state index in [0.29, 0.717) is 5.75 Å². The van der Waals surface area contributed by atoms with Crippen LogP contribution in [0.1, 0.15) is 70.0 Å².